The van der Waals surface area contributed by atoms with E-state index in [4.69, 9.17) is 5.73 Å². The van der Waals surface area contributed by atoms with Gasteiger partial charge >= 0.3 is 0 Å². The minimum atomic E-state index is -0.626. The smallest absolute Gasteiger partial charge is 0.260 e. The lowest BCUT2D eigenvalue weighted by Gasteiger charge is -2.07. The van der Waals surface area contributed by atoms with Gasteiger partial charge in [-0.3, -0.25) is 4.79 Å². The highest BCUT2D eigenvalue weighted by atomic mass is 79.9. The Balaban J connectivity index is 2.25. The van der Waals surface area contributed by atoms with Gasteiger partial charge < -0.3 is 11.1 Å². The quantitative estimate of drug-likeness (QED) is 0.889. The Morgan fingerprint density at radius 3 is 2.79 bits per heavy atom. The summed E-state index contributed by atoms with van der Waals surface area (Å²) in [6, 6.07) is 2.72. The SMILES string of the molecule is Cc1cc(NC(=O)c2cc(F)cnc2N)ncc1Br. The van der Waals surface area contributed by atoms with Gasteiger partial charge in [0.2, 0.25) is 0 Å². The van der Waals surface area contributed by atoms with Gasteiger partial charge in [-0.25, -0.2) is 14.4 Å². The van der Waals surface area contributed by atoms with Gasteiger partial charge in [0.1, 0.15) is 17.5 Å². The first-order valence-corrected chi connectivity index (χ1v) is 6.11. The first-order valence-electron chi connectivity index (χ1n) is 5.32. The molecule has 3 N–H and O–H groups in total. The van der Waals surface area contributed by atoms with E-state index < -0.39 is 11.7 Å². The van der Waals surface area contributed by atoms with Crippen molar-refractivity contribution in [3.8, 4) is 0 Å². The van der Waals surface area contributed by atoms with Crippen LogP contribution in [0.2, 0.25) is 0 Å². The molecule has 0 fully saturated rings. The van der Waals surface area contributed by atoms with Gasteiger partial charge in [0.05, 0.1) is 11.8 Å². The second-order valence-corrected chi connectivity index (χ2v) is 4.71. The number of carbonyl (C=O) groups is 1. The predicted octanol–water partition coefficient (Wildman–Crippen LogP) is 2.52. The van der Waals surface area contributed by atoms with E-state index in [9.17, 15) is 9.18 Å². The van der Waals surface area contributed by atoms with Crippen molar-refractivity contribution in [3.05, 3.63) is 45.9 Å². The van der Waals surface area contributed by atoms with Crippen molar-refractivity contribution in [2.75, 3.05) is 11.1 Å². The van der Waals surface area contributed by atoms with Crippen LogP contribution in [0.3, 0.4) is 0 Å². The number of aryl methyl sites for hydroxylation is 1. The number of nitrogens with zero attached hydrogens (tertiary/aromatic N) is 2. The largest absolute Gasteiger partial charge is 0.383 e. The number of aromatic nitrogens is 2. The van der Waals surface area contributed by atoms with Gasteiger partial charge in [0.25, 0.3) is 5.91 Å². The third-order valence-corrected chi connectivity index (χ3v) is 3.25. The summed E-state index contributed by atoms with van der Waals surface area (Å²) in [5, 5.41) is 2.54. The van der Waals surface area contributed by atoms with Crippen LogP contribution in [0.4, 0.5) is 16.0 Å². The predicted molar refractivity (Wildman–Crippen MR) is 73.2 cm³/mol. The average Bonchev–Trinajstić information content (AvgIpc) is 2.36. The van der Waals surface area contributed by atoms with E-state index in [2.05, 4.69) is 31.2 Å². The number of rotatable bonds is 2. The van der Waals surface area contributed by atoms with Crippen LogP contribution in [-0.4, -0.2) is 15.9 Å². The third-order valence-electron chi connectivity index (χ3n) is 2.42. The zero-order chi connectivity index (χ0) is 14.0. The first kappa shape index (κ1) is 13.4. The molecule has 0 aliphatic carbocycles. The molecule has 2 aromatic rings. The lowest BCUT2D eigenvalue weighted by Crippen LogP contribution is -2.16. The van der Waals surface area contributed by atoms with Crippen molar-refractivity contribution in [1.82, 2.24) is 9.97 Å². The van der Waals surface area contributed by atoms with E-state index in [1.165, 1.54) is 0 Å². The number of hydrogen-bond acceptors (Lipinski definition) is 4. The Morgan fingerprint density at radius 2 is 2.11 bits per heavy atom. The zero-order valence-corrected chi connectivity index (χ0v) is 11.5. The summed E-state index contributed by atoms with van der Waals surface area (Å²) >= 11 is 3.31. The van der Waals surface area contributed by atoms with Crippen molar-refractivity contribution in [1.29, 1.82) is 0 Å². The summed E-state index contributed by atoms with van der Waals surface area (Å²) in [4.78, 5) is 19.5. The molecule has 0 aliphatic heterocycles. The Morgan fingerprint density at radius 1 is 1.37 bits per heavy atom. The second-order valence-electron chi connectivity index (χ2n) is 3.86. The minimum absolute atomic E-state index is 0.0256. The Hall–Kier alpha value is -2.02. The molecule has 19 heavy (non-hydrogen) atoms. The number of halogens is 2. The first-order chi connectivity index (χ1) is 8.97. The standard InChI is InChI=1S/C12H10BrFN4O/c1-6-2-10(16-5-9(6)13)18-12(19)8-3-7(14)4-17-11(8)15/h2-5H,1H3,(H2,15,17)(H,16,18,19). The topological polar surface area (TPSA) is 80.9 Å². The summed E-state index contributed by atoms with van der Waals surface area (Å²) in [5.41, 5.74) is 6.42. The molecule has 0 unspecified atom stereocenters. The average molecular weight is 325 g/mol. The van der Waals surface area contributed by atoms with Crippen LogP contribution in [-0.2, 0) is 0 Å². The molecule has 2 rings (SSSR count). The fourth-order valence-corrected chi connectivity index (χ4v) is 1.64. The second kappa shape index (κ2) is 5.31. The number of anilines is 2. The zero-order valence-electron chi connectivity index (χ0n) is 9.95. The molecule has 2 heterocycles. The van der Waals surface area contributed by atoms with E-state index >= 15 is 0 Å². The van der Waals surface area contributed by atoms with Gasteiger partial charge in [0, 0.05) is 10.7 Å². The number of hydrogen-bond donors (Lipinski definition) is 2. The van der Waals surface area contributed by atoms with E-state index in [0.29, 0.717) is 5.82 Å². The van der Waals surface area contributed by atoms with Gasteiger partial charge in [0.15, 0.2) is 0 Å². The van der Waals surface area contributed by atoms with Gasteiger partial charge in [-0.15, -0.1) is 0 Å². The van der Waals surface area contributed by atoms with Crippen LogP contribution < -0.4 is 11.1 Å². The molecule has 0 aliphatic rings. The number of carbonyl (C=O) groups excluding carboxylic acids is 1. The maximum absolute atomic E-state index is 13.0. The molecule has 0 bridgehead atoms. The number of pyridine rings is 2. The summed E-state index contributed by atoms with van der Waals surface area (Å²) in [6.45, 7) is 1.86. The Kier molecular flexibility index (Phi) is 3.75. The highest BCUT2D eigenvalue weighted by molar-refractivity contribution is 9.10. The van der Waals surface area contributed by atoms with Crippen LogP contribution in [0.5, 0.6) is 0 Å². The molecule has 2 aromatic heterocycles. The molecule has 0 radical (unpaired) electrons. The van der Waals surface area contributed by atoms with Crippen LogP contribution in [0, 0.1) is 12.7 Å². The lowest BCUT2D eigenvalue weighted by molar-refractivity contribution is 0.102. The Labute approximate surface area is 117 Å². The Bertz CT molecular complexity index is 648. The monoisotopic (exact) mass is 324 g/mol. The molecular weight excluding hydrogens is 315 g/mol. The van der Waals surface area contributed by atoms with Crippen LogP contribution >= 0.6 is 15.9 Å². The van der Waals surface area contributed by atoms with E-state index in [1.54, 1.807) is 12.3 Å². The number of nitrogens with one attached hydrogen (secondary N) is 1. The molecule has 7 heteroatoms. The summed E-state index contributed by atoms with van der Waals surface area (Å²) in [5.74, 6) is -0.861. The fourth-order valence-electron chi connectivity index (χ4n) is 1.42. The van der Waals surface area contributed by atoms with Gasteiger partial charge in [-0.2, -0.15) is 0 Å². The highest BCUT2D eigenvalue weighted by Gasteiger charge is 2.13. The van der Waals surface area contributed by atoms with E-state index in [0.717, 1.165) is 22.3 Å². The molecule has 98 valence electrons. The van der Waals surface area contributed by atoms with Gasteiger partial charge in [-0.05, 0) is 40.5 Å². The molecule has 0 saturated carbocycles. The molecule has 0 atom stereocenters. The van der Waals surface area contributed by atoms with Crippen LogP contribution in [0.15, 0.2) is 29.0 Å². The highest BCUT2D eigenvalue weighted by Crippen LogP contribution is 2.18. The number of amides is 1. The van der Waals surface area contributed by atoms with E-state index in [-0.39, 0.29) is 11.4 Å². The van der Waals surface area contributed by atoms with Crippen molar-refractivity contribution in [3.63, 3.8) is 0 Å². The summed E-state index contributed by atoms with van der Waals surface area (Å²) < 4.78 is 13.9. The fraction of sp³-hybridized carbons (Fsp3) is 0.0833. The van der Waals surface area contributed by atoms with Crippen molar-refractivity contribution in [2.24, 2.45) is 0 Å². The summed E-state index contributed by atoms with van der Waals surface area (Å²) in [6.07, 6.45) is 2.52. The normalized spacial score (nSPS) is 10.3. The molecule has 5 nitrogen and oxygen atoms in total. The van der Waals surface area contributed by atoms with Crippen LogP contribution in [0.1, 0.15) is 15.9 Å². The maximum Gasteiger partial charge on any atom is 0.260 e. The molecular formula is C12H10BrFN4O. The molecule has 1 amide bonds. The van der Waals surface area contributed by atoms with Crippen molar-refractivity contribution in [2.45, 2.75) is 6.92 Å². The maximum atomic E-state index is 13.0. The number of nitrogens with two attached hydrogens (primary N) is 1. The van der Waals surface area contributed by atoms with Gasteiger partial charge in [-0.1, -0.05) is 0 Å². The molecule has 0 saturated heterocycles. The van der Waals surface area contributed by atoms with Crippen molar-refractivity contribution < 1.29 is 9.18 Å². The molecule has 0 spiro atoms. The number of nitrogen functional groups attached to an aromatic ring is 1. The lowest BCUT2D eigenvalue weighted by atomic mass is 10.2. The van der Waals surface area contributed by atoms with E-state index in [1.807, 2.05) is 6.92 Å². The van der Waals surface area contributed by atoms with Crippen LogP contribution in [0.25, 0.3) is 0 Å². The minimum Gasteiger partial charge on any atom is -0.383 e. The molecule has 0 aromatic carbocycles. The van der Waals surface area contributed by atoms with Crippen molar-refractivity contribution >= 4 is 33.5 Å². The third kappa shape index (κ3) is 3.05. The summed E-state index contributed by atoms with van der Waals surface area (Å²) in [7, 11) is 0.